The lowest BCUT2D eigenvalue weighted by Gasteiger charge is -2.11. The first-order valence-electron chi connectivity index (χ1n) is 6.75. The van der Waals surface area contributed by atoms with E-state index in [0.717, 1.165) is 11.8 Å². The number of halogens is 3. The summed E-state index contributed by atoms with van der Waals surface area (Å²) in [5, 5.41) is 8.72. The van der Waals surface area contributed by atoms with E-state index >= 15 is 0 Å². The second-order valence-electron chi connectivity index (χ2n) is 4.44. The number of benzene rings is 1. The fourth-order valence-corrected chi connectivity index (χ4v) is 2.39. The van der Waals surface area contributed by atoms with E-state index in [4.69, 9.17) is 10.6 Å². The zero-order valence-electron chi connectivity index (χ0n) is 12.5. The maximum absolute atomic E-state index is 12.6. The fraction of sp³-hybridized carbons (Fsp3) is 0.308. The number of nitrogens with one attached hydrogen (secondary N) is 1. The van der Waals surface area contributed by atoms with Gasteiger partial charge in [-0.05, 0) is 19.1 Å². The number of nitrogens with two attached hydrogens (primary N) is 1. The van der Waals surface area contributed by atoms with Crippen LogP contribution in [0.1, 0.15) is 12.7 Å². The van der Waals surface area contributed by atoms with Crippen molar-refractivity contribution in [3.8, 4) is 5.75 Å². The van der Waals surface area contributed by atoms with Crippen molar-refractivity contribution >= 4 is 23.4 Å². The van der Waals surface area contributed by atoms with Gasteiger partial charge in [-0.25, -0.2) is 4.68 Å². The average molecular weight is 361 g/mol. The zero-order chi connectivity index (χ0) is 17.7. The number of carbonyl (C=O) groups is 1. The van der Waals surface area contributed by atoms with Crippen molar-refractivity contribution in [2.75, 3.05) is 23.5 Å². The Labute approximate surface area is 139 Å². The van der Waals surface area contributed by atoms with Gasteiger partial charge in [0.1, 0.15) is 5.75 Å². The van der Waals surface area contributed by atoms with Crippen LogP contribution in [0.15, 0.2) is 29.4 Å². The molecule has 0 bridgehead atoms. The van der Waals surface area contributed by atoms with Gasteiger partial charge in [0.25, 0.3) is 5.82 Å². The Morgan fingerprint density at radius 2 is 2.08 bits per heavy atom. The molecular formula is C13H14F3N5O2S. The van der Waals surface area contributed by atoms with E-state index in [1.807, 2.05) is 0 Å². The largest absolute Gasteiger partial charge is 0.492 e. The third-order valence-electron chi connectivity index (χ3n) is 2.71. The normalized spacial score (nSPS) is 11.3. The molecule has 2 rings (SSSR count). The Morgan fingerprint density at radius 3 is 2.71 bits per heavy atom. The molecule has 7 nitrogen and oxygen atoms in total. The van der Waals surface area contributed by atoms with Crippen LogP contribution in [0.5, 0.6) is 5.75 Å². The number of hydrogen-bond acceptors (Lipinski definition) is 6. The number of amides is 1. The molecule has 0 aliphatic heterocycles. The molecule has 0 aliphatic carbocycles. The number of alkyl halides is 3. The predicted octanol–water partition coefficient (Wildman–Crippen LogP) is 2.14. The number of anilines is 1. The number of nitrogen functional groups attached to an aromatic ring is 1. The number of para-hydroxylation sites is 2. The topological polar surface area (TPSA) is 95.1 Å². The van der Waals surface area contributed by atoms with Crippen LogP contribution in [0.4, 0.5) is 18.9 Å². The molecule has 0 spiro atoms. The summed E-state index contributed by atoms with van der Waals surface area (Å²) in [6.07, 6.45) is -4.71. The lowest BCUT2D eigenvalue weighted by Crippen LogP contribution is -2.22. The predicted molar refractivity (Wildman–Crippen MR) is 82.1 cm³/mol. The summed E-state index contributed by atoms with van der Waals surface area (Å²) in [6.45, 7) is 2.24. The number of thioether (sulfide) groups is 1. The molecular weight excluding hydrogens is 347 g/mol. The lowest BCUT2D eigenvalue weighted by molar-refractivity contribution is -0.146. The molecule has 0 radical (unpaired) electrons. The molecule has 1 aromatic heterocycles. The minimum atomic E-state index is -4.71. The van der Waals surface area contributed by atoms with Crippen LogP contribution in [0, 0.1) is 0 Å². The minimum Gasteiger partial charge on any atom is -0.492 e. The van der Waals surface area contributed by atoms with Crippen LogP contribution < -0.4 is 15.9 Å². The summed E-state index contributed by atoms with van der Waals surface area (Å²) < 4.78 is 43.4. The number of ether oxygens (including phenoxy) is 1. The molecule has 0 aliphatic rings. The van der Waals surface area contributed by atoms with Crippen molar-refractivity contribution in [2.45, 2.75) is 18.3 Å². The van der Waals surface area contributed by atoms with Crippen molar-refractivity contribution < 1.29 is 22.7 Å². The maximum atomic E-state index is 12.6. The van der Waals surface area contributed by atoms with Crippen LogP contribution in [0.3, 0.4) is 0 Å². The van der Waals surface area contributed by atoms with Gasteiger partial charge in [0.05, 0.1) is 18.0 Å². The molecule has 3 N–H and O–H groups in total. The Balaban J connectivity index is 1.98. The molecule has 1 amide bonds. The number of aromatic nitrogens is 3. The molecule has 24 heavy (non-hydrogen) atoms. The molecule has 0 atom stereocenters. The Morgan fingerprint density at radius 1 is 1.38 bits per heavy atom. The number of hydrogen-bond donors (Lipinski definition) is 2. The summed E-state index contributed by atoms with van der Waals surface area (Å²) in [5.41, 5.74) is 0.468. The zero-order valence-corrected chi connectivity index (χ0v) is 13.3. The van der Waals surface area contributed by atoms with Gasteiger partial charge in [0.2, 0.25) is 11.1 Å². The van der Waals surface area contributed by atoms with E-state index in [1.165, 1.54) is 0 Å². The Bertz CT molecular complexity index is 720. The molecule has 0 saturated heterocycles. The molecule has 130 valence electrons. The molecule has 1 aromatic carbocycles. The summed E-state index contributed by atoms with van der Waals surface area (Å²) >= 11 is 0.742. The van der Waals surface area contributed by atoms with E-state index in [1.54, 1.807) is 31.2 Å². The summed E-state index contributed by atoms with van der Waals surface area (Å²) in [4.78, 5) is 11.9. The van der Waals surface area contributed by atoms with Crippen molar-refractivity contribution in [2.24, 2.45) is 0 Å². The van der Waals surface area contributed by atoms with E-state index < -0.39 is 17.9 Å². The number of nitrogens with zero attached hydrogens (tertiary/aromatic N) is 3. The number of rotatable bonds is 6. The molecule has 0 saturated carbocycles. The van der Waals surface area contributed by atoms with Crippen LogP contribution in [0.2, 0.25) is 0 Å². The molecule has 1 heterocycles. The fourth-order valence-electron chi connectivity index (χ4n) is 1.74. The summed E-state index contributed by atoms with van der Waals surface area (Å²) in [7, 11) is 0. The van der Waals surface area contributed by atoms with Crippen LogP contribution in [0.25, 0.3) is 0 Å². The van der Waals surface area contributed by atoms with Gasteiger partial charge in [-0.15, -0.1) is 10.2 Å². The molecule has 2 aromatic rings. The van der Waals surface area contributed by atoms with Crippen molar-refractivity contribution in [3.05, 3.63) is 30.1 Å². The molecule has 0 fully saturated rings. The van der Waals surface area contributed by atoms with Gasteiger partial charge in [-0.1, -0.05) is 23.9 Å². The standard InChI is InChI=1S/C13H14F3N5O2S/c1-2-23-9-6-4-3-5-8(9)18-10(22)7-24-12-20-19-11(21(12)17)13(14,15)16/h3-6H,2,7,17H2,1H3,(H,18,22). The van der Waals surface area contributed by atoms with Crippen LogP contribution >= 0.6 is 11.8 Å². The monoisotopic (exact) mass is 361 g/mol. The van der Waals surface area contributed by atoms with E-state index in [2.05, 4.69) is 15.5 Å². The summed E-state index contributed by atoms with van der Waals surface area (Å²) in [5.74, 6) is 3.84. The van der Waals surface area contributed by atoms with Gasteiger partial charge >= 0.3 is 6.18 Å². The minimum absolute atomic E-state index is 0.187. The van der Waals surface area contributed by atoms with E-state index in [-0.39, 0.29) is 10.9 Å². The first-order valence-corrected chi connectivity index (χ1v) is 7.73. The first-order chi connectivity index (χ1) is 11.3. The van der Waals surface area contributed by atoms with Gasteiger partial charge in [-0.3, -0.25) is 4.79 Å². The lowest BCUT2D eigenvalue weighted by atomic mass is 10.3. The second-order valence-corrected chi connectivity index (χ2v) is 5.38. The third-order valence-corrected chi connectivity index (χ3v) is 3.65. The maximum Gasteiger partial charge on any atom is 0.453 e. The molecule has 11 heteroatoms. The van der Waals surface area contributed by atoms with Crippen molar-refractivity contribution in [1.82, 2.24) is 14.9 Å². The third kappa shape index (κ3) is 4.31. The van der Waals surface area contributed by atoms with Gasteiger partial charge in [0.15, 0.2) is 0 Å². The Kier molecular flexibility index (Phi) is 5.54. The second kappa shape index (κ2) is 7.43. The highest BCUT2D eigenvalue weighted by atomic mass is 32.2. The van der Waals surface area contributed by atoms with Gasteiger partial charge in [-0.2, -0.15) is 13.2 Å². The first kappa shape index (κ1) is 17.9. The quantitative estimate of drug-likeness (QED) is 0.605. The highest BCUT2D eigenvalue weighted by Crippen LogP contribution is 2.29. The van der Waals surface area contributed by atoms with Crippen LogP contribution in [-0.4, -0.2) is 33.1 Å². The highest BCUT2D eigenvalue weighted by Gasteiger charge is 2.38. The molecule has 0 unspecified atom stereocenters. The SMILES string of the molecule is CCOc1ccccc1NC(=O)CSc1nnc(C(F)(F)F)n1N. The average Bonchev–Trinajstić information content (AvgIpc) is 2.88. The smallest absolute Gasteiger partial charge is 0.453 e. The highest BCUT2D eigenvalue weighted by molar-refractivity contribution is 7.99. The van der Waals surface area contributed by atoms with Crippen LogP contribution in [-0.2, 0) is 11.0 Å². The summed E-state index contributed by atoms with van der Waals surface area (Å²) in [6, 6.07) is 6.82. The van der Waals surface area contributed by atoms with E-state index in [9.17, 15) is 18.0 Å². The van der Waals surface area contributed by atoms with Gasteiger partial charge in [0, 0.05) is 0 Å². The Hall–Kier alpha value is -2.43. The van der Waals surface area contributed by atoms with Gasteiger partial charge < -0.3 is 15.9 Å². The van der Waals surface area contributed by atoms with Crippen molar-refractivity contribution in [1.29, 1.82) is 0 Å². The van der Waals surface area contributed by atoms with Crippen molar-refractivity contribution in [3.63, 3.8) is 0 Å². The van der Waals surface area contributed by atoms with E-state index in [0.29, 0.717) is 22.7 Å². The number of carbonyl (C=O) groups excluding carboxylic acids is 1.